The highest BCUT2D eigenvalue weighted by atomic mass is 32.2. The van der Waals surface area contributed by atoms with E-state index >= 15 is 0 Å². The molecule has 3 N–H and O–H groups in total. The van der Waals surface area contributed by atoms with Gasteiger partial charge in [-0.1, -0.05) is 6.07 Å². The van der Waals surface area contributed by atoms with E-state index in [0.717, 1.165) is 11.3 Å². The van der Waals surface area contributed by atoms with Gasteiger partial charge >= 0.3 is 5.97 Å². The third-order valence-corrected chi connectivity index (χ3v) is 4.73. The number of thiophene rings is 1. The fraction of sp³-hybridized carbons (Fsp3) is 0.444. The summed E-state index contributed by atoms with van der Waals surface area (Å²) in [7, 11) is -3.67. The van der Waals surface area contributed by atoms with Crippen LogP contribution in [0.2, 0.25) is 0 Å². The molecule has 0 saturated heterocycles. The second-order valence-corrected chi connectivity index (χ2v) is 6.77. The highest BCUT2D eigenvalue weighted by Gasteiger charge is 2.27. The predicted octanol–water partition coefficient (Wildman–Crippen LogP) is 0.252. The van der Waals surface area contributed by atoms with E-state index in [4.69, 9.17) is 5.11 Å². The molecule has 1 unspecified atom stereocenters. The molecule has 0 fully saturated rings. The molecule has 96 valence electrons. The predicted molar refractivity (Wildman–Crippen MR) is 62.4 cm³/mol. The molecule has 0 aliphatic carbocycles. The highest BCUT2D eigenvalue weighted by Crippen LogP contribution is 2.16. The topological polar surface area (TPSA) is 104 Å². The molecule has 0 amide bonds. The van der Waals surface area contributed by atoms with Crippen molar-refractivity contribution in [1.29, 1.82) is 0 Å². The maximum atomic E-state index is 11.7. The average molecular weight is 279 g/mol. The van der Waals surface area contributed by atoms with Crippen LogP contribution in [0.1, 0.15) is 13.3 Å². The number of nitrogens with one attached hydrogen (secondary N) is 1. The molecule has 6 nitrogen and oxygen atoms in total. The van der Waals surface area contributed by atoms with Crippen molar-refractivity contribution < 1.29 is 23.4 Å². The Labute approximate surface area is 103 Å². The number of aliphatic hydroxyl groups is 1. The molecule has 1 aromatic rings. The fourth-order valence-electron chi connectivity index (χ4n) is 1.13. The highest BCUT2D eigenvalue weighted by molar-refractivity contribution is 7.91. The first kappa shape index (κ1) is 14.1. The summed E-state index contributed by atoms with van der Waals surface area (Å²) in [6.07, 6.45) is -0.528. The minimum atomic E-state index is -3.67. The fourth-order valence-corrected chi connectivity index (χ4v) is 3.33. The summed E-state index contributed by atoms with van der Waals surface area (Å²) in [6.45, 7) is 0.914. The van der Waals surface area contributed by atoms with E-state index in [9.17, 15) is 18.3 Å². The number of rotatable bonds is 6. The molecular weight excluding hydrogens is 266 g/mol. The summed E-state index contributed by atoms with van der Waals surface area (Å²) in [6, 6.07) is 3.02. The van der Waals surface area contributed by atoms with Crippen LogP contribution in [0.15, 0.2) is 21.7 Å². The summed E-state index contributed by atoms with van der Waals surface area (Å²) in [5, 5.41) is 19.8. The molecule has 0 radical (unpaired) electrons. The summed E-state index contributed by atoms with van der Waals surface area (Å²) in [4.78, 5) is 10.4. The lowest BCUT2D eigenvalue weighted by molar-refractivity contribution is -0.141. The quantitative estimate of drug-likeness (QED) is 0.692. The van der Waals surface area contributed by atoms with Crippen molar-refractivity contribution in [2.24, 2.45) is 0 Å². The standard InChI is InChI=1S/C9H13NO5S2/c1-9(13,5-7(11)12)6-10-17(14,15)8-3-2-4-16-8/h2-4,10,13H,5-6H2,1H3,(H,11,12). The van der Waals surface area contributed by atoms with Gasteiger partial charge in [0.1, 0.15) is 4.21 Å². The van der Waals surface area contributed by atoms with Crippen molar-refractivity contribution in [3.05, 3.63) is 17.5 Å². The number of carboxylic acid groups (broad SMARTS) is 1. The third-order valence-electron chi connectivity index (χ3n) is 1.94. The summed E-state index contributed by atoms with van der Waals surface area (Å²) in [5.41, 5.74) is -1.61. The number of hydrogen-bond acceptors (Lipinski definition) is 5. The van der Waals surface area contributed by atoms with Gasteiger partial charge in [-0.05, 0) is 18.4 Å². The van der Waals surface area contributed by atoms with Gasteiger partial charge in [-0.3, -0.25) is 4.79 Å². The Morgan fingerprint density at radius 2 is 2.24 bits per heavy atom. The van der Waals surface area contributed by atoms with Crippen LogP contribution < -0.4 is 4.72 Å². The summed E-state index contributed by atoms with van der Waals surface area (Å²) in [5.74, 6) is -1.19. The Hall–Kier alpha value is -0.960. The molecule has 0 bridgehead atoms. The first-order valence-electron chi connectivity index (χ1n) is 4.70. The number of carboxylic acids is 1. The molecule has 0 saturated carbocycles. The second kappa shape index (κ2) is 5.13. The zero-order valence-corrected chi connectivity index (χ0v) is 10.7. The molecule has 1 heterocycles. The van der Waals surface area contributed by atoms with Crippen LogP contribution in [0.4, 0.5) is 0 Å². The zero-order chi connectivity index (χ0) is 13.1. The first-order valence-corrected chi connectivity index (χ1v) is 7.07. The Bertz CT molecular complexity index is 477. The Morgan fingerprint density at radius 1 is 1.59 bits per heavy atom. The van der Waals surface area contributed by atoms with Crippen molar-refractivity contribution in [2.75, 3.05) is 6.54 Å². The van der Waals surface area contributed by atoms with Gasteiger partial charge < -0.3 is 10.2 Å². The van der Waals surface area contributed by atoms with E-state index in [1.54, 1.807) is 11.4 Å². The second-order valence-electron chi connectivity index (χ2n) is 3.82. The SMILES string of the molecule is CC(O)(CNS(=O)(=O)c1cccs1)CC(=O)O. The molecule has 0 spiro atoms. The molecular formula is C9H13NO5S2. The summed E-state index contributed by atoms with van der Waals surface area (Å²) >= 11 is 1.05. The van der Waals surface area contributed by atoms with E-state index in [0.29, 0.717) is 0 Å². The molecule has 8 heteroatoms. The van der Waals surface area contributed by atoms with Crippen molar-refractivity contribution in [2.45, 2.75) is 23.2 Å². The van der Waals surface area contributed by atoms with Crippen molar-refractivity contribution in [3.63, 3.8) is 0 Å². The van der Waals surface area contributed by atoms with Gasteiger partial charge in [-0.25, -0.2) is 13.1 Å². The van der Waals surface area contributed by atoms with Crippen LogP contribution in [0.25, 0.3) is 0 Å². The number of hydrogen-bond donors (Lipinski definition) is 3. The molecule has 1 atom stereocenters. The van der Waals surface area contributed by atoms with Crippen LogP contribution in [0.3, 0.4) is 0 Å². The number of carbonyl (C=O) groups is 1. The molecule has 0 aliphatic rings. The minimum Gasteiger partial charge on any atom is -0.481 e. The van der Waals surface area contributed by atoms with Gasteiger partial charge in [0.2, 0.25) is 10.0 Å². The van der Waals surface area contributed by atoms with E-state index < -0.39 is 28.0 Å². The normalized spacial score (nSPS) is 15.4. The maximum absolute atomic E-state index is 11.7. The Morgan fingerprint density at radius 3 is 2.71 bits per heavy atom. The third kappa shape index (κ3) is 4.43. The number of aliphatic carboxylic acids is 1. The molecule has 17 heavy (non-hydrogen) atoms. The van der Waals surface area contributed by atoms with Crippen LogP contribution in [-0.4, -0.2) is 36.7 Å². The Balaban J connectivity index is 2.65. The minimum absolute atomic E-state index is 0.128. The zero-order valence-electron chi connectivity index (χ0n) is 9.08. The molecule has 0 aliphatic heterocycles. The lowest BCUT2D eigenvalue weighted by atomic mass is 10.0. The molecule has 1 rings (SSSR count). The van der Waals surface area contributed by atoms with Gasteiger partial charge in [0.15, 0.2) is 0 Å². The van der Waals surface area contributed by atoms with Gasteiger partial charge in [0, 0.05) is 6.54 Å². The Kier molecular flexibility index (Phi) is 4.26. The van der Waals surface area contributed by atoms with E-state index in [1.165, 1.54) is 13.0 Å². The molecule has 1 aromatic heterocycles. The van der Waals surface area contributed by atoms with Gasteiger partial charge in [-0.2, -0.15) is 0 Å². The van der Waals surface area contributed by atoms with Gasteiger partial charge in [0.05, 0.1) is 12.0 Å². The van der Waals surface area contributed by atoms with Gasteiger partial charge in [0.25, 0.3) is 0 Å². The van der Waals surface area contributed by atoms with Crippen molar-refractivity contribution in [1.82, 2.24) is 4.72 Å². The van der Waals surface area contributed by atoms with E-state index in [-0.39, 0.29) is 10.8 Å². The van der Waals surface area contributed by atoms with Crippen LogP contribution in [0.5, 0.6) is 0 Å². The largest absolute Gasteiger partial charge is 0.481 e. The lowest BCUT2D eigenvalue weighted by Crippen LogP contribution is -2.41. The van der Waals surface area contributed by atoms with E-state index in [2.05, 4.69) is 4.72 Å². The maximum Gasteiger partial charge on any atom is 0.306 e. The molecule has 0 aromatic carbocycles. The smallest absolute Gasteiger partial charge is 0.306 e. The monoisotopic (exact) mass is 279 g/mol. The van der Waals surface area contributed by atoms with Gasteiger partial charge in [-0.15, -0.1) is 11.3 Å². The first-order chi connectivity index (χ1) is 7.73. The summed E-state index contributed by atoms with van der Waals surface area (Å²) < 4.78 is 25.6. The van der Waals surface area contributed by atoms with Crippen LogP contribution >= 0.6 is 11.3 Å². The average Bonchev–Trinajstić information content (AvgIpc) is 2.66. The number of sulfonamides is 1. The lowest BCUT2D eigenvalue weighted by Gasteiger charge is -2.21. The van der Waals surface area contributed by atoms with Crippen molar-refractivity contribution in [3.8, 4) is 0 Å². The van der Waals surface area contributed by atoms with Crippen LogP contribution in [-0.2, 0) is 14.8 Å². The van der Waals surface area contributed by atoms with Crippen molar-refractivity contribution >= 4 is 27.3 Å². The van der Waals surface area contributed by atoms with E-state index in [1.807, 2.05) is 0 Å². The van der Waals surface area contributed by atoms with Crippen LogP contribution in [0, 0.1) is 0 Å².